The highest BCUT2D eigenvalue weighted by molar-refractivity contribution is 5.42. The highest BCUT2D eigenvalue weighted by atomic mass is 16.5. The summed E-state index contributed by atoms with van der Waals surface area (Å²) in [5.41, 5.74) is 5.81. The summed E-state index contributed by atoms with van der Waals surface area (Å²) in [6.45, 7) is 3.93. The minimum atomic E-state index is 0.276. The molecule has 2 heterocycles. The van der Waals surface area contributed by atoms with E-state index in [0.29, 0.717) is 25.1 Å². The number of aromatic nitrogens is 3. The molecule has 0 unspecified atom stereocenters. The van der Waals surface area contributed by atoms with Crippen molar-refractivity contribution < 1.29 is 4.74 Å². The number of nitrogens with zero attached hydrogens (tertiary/aromatic N) is 4. The van der Waals surface area contributed by atoms with Crippen LogP contribution in [0.2, 0.25) is 0 Å². The molecule has 1 saturated heterocycles. The third-order valence-electron chi connectivity index (χ3n) is 4.21. The van der Waals surface area contributed by atoms with Crippen molar-refractivity contribution in [1.29, 1.82) is 0 Å². The van der Waals surface area contributed by atoms with E-state index in [1.807, 2.05) is 0 Å². The summed E-state index contributed by atoms with van der Waals surface area (Å²) in [6, 6.07) is 0. The zero-order chi connectivity index (χ0) is 14.5. The molecule has 0 radical (unpaired) electrons. The molecule has 1 aromatic heterocycles. The Morgan fingerprint density at radius 3 is 2.62 bits per heavy atom. The first-order valence-corrected chi connectivity index (χ1v) is 7.89. The van der Waals surface area contributed by atoms with Crippen LogP contribution >= 0.6 is 0 Å². The Morgan fingerprint density at radius 1 is 1.10 bits per heavy atom. The highest BCUT2D eigenvalue weighted by Gasteiger charge is 2.17. The second-order valence-electron chi connectivity index (χ2n) is 5.80. The minimum Gasteiger partial charge on any atom is -0.378 e. The molecule has 21 heavy (non-hydrogen) atoms. The van der Waals surface area contributed by atoms with E-state index in [0.717, 1.165) is 25.6 Å². The van der Waals surface area contributed by atoms with Crippen LogP contribution in [0, 0.1) is 5.92 Å². The first-order valence-electron chi connectivity index (χ1n) is 7.89. The van der Waals surface area contributed by atoms with Gasteiger partial charge in [-0.1, -0.05) is 19.3 Å². The molecule has 7 nitrogen and oxygen atoms in total. The van der Waals surface area contributed by atoms with Gasteiger partial charge in [-0.25, -0.2) is 0 Å². The number of nitrogens with one attached hydrogen (secondary N) is 1. The molecule has 1 aliphatic carbocycles. The molecule has 0 spiro atoms. The Balaban J connectivity index is 1.62. The van der Waals surface area contributed by atoms with Crippen LogP contribution in [0.4, 0.5) is 17.8 Å². The maximum atomic E-state index is 5.81. The van der Waals surface area contributed by atoms with Crippen LogP contribution in [0.25, 0.3) is 0 Å². The number of hydrogen-bond acceptors (Lipinski definition) is 7. The minimum absolute atomic E-state index is 0.276. The van der Waals surface area contributed by atoms with Crippen molar-refractivity contribution in [2.45, 2.75) is 32.1 Å². The van der Waals surface area contributed by atoms with E-state index in [-0.39, 0.29) is 5.95 Å². The van der Waals surface area contributed by atoms with Crippen molar-refractivity contribution in [2.75, 3.05) is 48.8 Å². The lowest BCUT2D eigenvalue weighted by molar-refractivity contribution is 0.122. The van der Waals surface area contributed by atoms with Crippen molar-refractivity contribution in [3.63, 3.8) is 0 Å². The van der Waals surface area contributed by atoms with Crippen LogP contribution in [0.15, 0.2) is 0 Å². The molecule has 0 amide bonds. The second-order valence-corrected chi connectivity index (χ2v) is 5.80. The first-order chi connectivity index (χ1) is 10.3. The lowest BCUT2D eigenvalue weighted by Crippen LogP contribution is -2.37. The van der Waals surface area contributed by atoms with E-state index in [2.05, 4.69) is 25.2 Å². The zero-order valence-electron chi connectivity index (χ0n) is 12.4. The van der Waals surface area contributed by atoms with Crippen LogP contribution in [0.5, 0.6) is 0 Å². The zero-order valence-corrected chi connectivity index (χ0v) is 12.4. The molecular weight excluding hydrogens is 268 g/mol. The summed E-state index contributed by atoms with van der Waals surface area (Å²) in [4.78, 5) is 15.0. The quantitative estimate of drug-likeness (QED) is 0.864. The van der Waals surface area contributed by atoms with Gasteiger partial charge in [-0.3, -0.25) is 0 Å². The average molecular weight is 292 g/mol. The average Bonchev–Trinajstić information content (AvgIpc) is 2.54. The Hall–Kier alpha value is -1.63. The topological polar surface area (TPSA) is 89.2 Å². The van der Waals surface area contributed by atoms with Gasteiger partial charge in [0.15, 0.2) is 0 Å². The van der Waals surface area contributed by atoms with E-state index in [4.69, 9.17) is 10.5 Å². The van der Waals surface area contributed by atoms with Crippen molar-refractivity contribution in [3.8, 4) is 0 Å². The molecule has 116 valence electrons. The lowest BCUT2D eigenvalue weighted by Gasteiger charge is -2.27. The van der Waals surface area contributed by atoms with Crippen LogP contribution in [-0.2, 0) is 4.74 Å². The van der Waals surface area contributed by atoms with Gasteiger partial charge < -0.3 is 20.7 Å². The molecule has 2 aliphatic rings. The predicted molar refractivity (Wildman–Crippen MR) is 82.3 cm³/mol. The van der Waals surface area contributed by atoms with E-state index < -0.39 is 0 Å². The van der Waals surface area contributed by atoms with E-state index in [1.165, 1.54) is 32.1 Å². The summed E-state index contributed by atoms with van der Waals surface area (Å²) in [6.07, 6.45) is 6.64. The monoisotopic (exact) mass is 292 g/mol. The molecule has 3 N–H and O–H groups in total. The fourth-order valence-electron chi connectivity index (χ4n) is 2.99. The normalized spacial score (nSPS) is 20.5. The van der Waals surface area contributed by atoms with Gasteiger partial charge in [0.1, 0.15) is 0 Å². The molecule has 3 rings (SSSR count). The van der Waals surface area contributed by atoms with Gasteiger partial charge in [-0.2, -0.15) is 15.0 Å². The molecule has 1 aromatic rings. The molecule has 1 saturated carbocycles. The summed E-state index contributed by atoms with van der Waals surface area (Å²) >= 11 is 0. The molecule has 7 heteroatoms. The fourth-order valence-corrected chi connectivity index (χ4v) is 2.99. The summed E-state index contributed by atoms with van der Waals surface area (Å²) < 4.78 is 5.35. The van der Waals surface area contributed by atoms with Gasteiger partial charge in [0.05, 0.1) is 13.2 Å². The Bertz CT molecular complexity index is 457. The third-order valence-corrected chi connectivity index (χ3v) is 4.21. The van der Waals surface area contributed by atoms with Crippen LogP contribution in [-0.4, -0.2) is 47.8 Å². The smallest absolute Gasteiger partial charge is 0.232 e. The number of hydrogen-bond donors (Lipinski definition) is 2. The lowest BCUT2D eigenvalue weighted by atomic mass is 9.89. The fraction of sp³-hybridized carbons (Fsp3) is 0.786. The van der Waals surface area contributed by atoms with E-state index in [1.54, 1.807) is 0 Å². The standard InChI is InChI=1S/C14H24N6O/c15-12-17-13(16-10-11-4-2-1-3-5-11)19-14(18-12)20-6-8-21-9-7-20/h11H,1-10H2,(H3,15,16,17,18,19). The maximum Gasteiger partial charge on any atom is 0.232 e. The predicted octanol–water partition coefficient (Wildman–Crippen LogP) is 1.28. The van der Waals surface area contributed by atoms with Gasteiger partial charge in [-0.05, 0) is 18.8 Å². The number of anilines is 3. The third kappa shape index (κ3) is 3.93. The van der Waals surface area contributed by atoms with Crippen LogP contribution in [0.3, 0.4) is 0 Å². The van der Waals surface area contributed by atoms with Gasteiger partial charge in [0, 0.05) is 19.6 Å². The molecule has 0 aromatic carbocycles. The van der Waals surface area contributed by atoms with E-state index in [9.17, 15) is 0 Å². The Kier molecular flexibility index (Phi) is 4.69. The number of rotatable bonds is 4. The number of nitrogen functional groups attached to an aromatic ring is 1. The van der Waals surface area contributed by atoms with Gasteiger partial charge in [0.2, 0.25) is 17.8 Å². The van der Waals surface area contributed by atoms with Crippen molar-refractivity contribution in [1.82, 2.24) is 15.0 Å². The summed E-state index contributed by atoms with van der Waals surface area (Å²) in [5.74, 6) is 2.24. The van der Waals surface area contributed by atoms with Gasteiger partial charge in [-0.15, -0.1) is 0 Å². The van der Waals surface area contributed by atoms with Crippen LogP contribution in [0.1, 0.15) is 32.1 Å². The SMILES string of the molecule is Nc1nc(NCC2CCCCC2)nc(N2CCOCC2)n1. The molecular formula is C14H24N6O. The van der Waals surface area contributed by atoms with Crippen LogP contribution < -0.4 is 16.0 Å². The second kappa shape index (κ2) is 6.89. The largest absolute Gasteiger partial charge is 0.378 e. The molecule has 2 fully saturated rings. The highest BCUT2D eigenvalue weighted by Crippen LogP contribution is 2.23. The maximum absolute atomic E-state index is 5.81. The van der Waals surface area contributed by atoms with Crippen molar-refractivity contribution in [2.24, 2.45) is 5.92 Å². The van der Waals surface area contributed by atoms with Crippen molar-refractivity contribution in [3.05, 3.63) is 0 Å². The summed E-state index contributed by atoms with van der Waals surface area (Å²) in [5, 5.41) is 3.33. The number of morpholine rings is 1. The van der Waals surface area contributed by atoms with Crippen molar-refractivity contribution >= 4 is 17.8 Å². The molecule has 0 bridgehead atoms. The number of ether oxygens (including phenoxy) is 1. The first kappa shape index (κ1) is 14.3. The van der Waals surface area contributed by atoms with Gasteiger partial charge in [0.25, 0.3) is 0 Å². The molecule has 0 atom stereocenters. The Morgan fingerprint density at radius 2 is 1.86 bits per heavy atom. The van der Waals surface area contributed by atoms with Gasteiger partial charge >= 0.3 is 0 Å². The molecule has 1 aliphatic heterocycles. The number of nitrogens with two attached hydrogens (primary N) is 1. The van der Waals surface area contributed by atoms with E-state index >= 15 is 0 Å². The summed E-state index contributed by atoms with van der Waals surface area (Å²) in [7, 11) is 0. The Labute approximate surface area is 125 Å².